The molecule has 0 bridgehead atoms. The van der Waals surface area contributed by atoms with Crippen LogP contribution in [0.2, 0.25) is 10.0 Å². The Labute approximate surface area is 115 Å². The molecule has 0 aliphatic carbocycles. The minimum absolute atomic E-state index is 0.213. The van der Waals surface area contributed by atoms with Crippen LogP contribution in [0.25, 0.3) is 0 Å². The van der Waals surface area contributed by atoms with Gasteiger partial charge in [0.1, 0.15) is 5.75 Å². The van der Waals surface area contributed by atoms with E-state index in [-0.39, 0.29) is 5.75 Å². The molecular weight excluding hydrogens is 271 g/mol. The predicted molar refractivity (Wildman–Crippen MR) is 75.8 cm³/mol. The molecule has 0 saturated carbocycles. The van der Waals surface area contributed by atoms with Crippen LogP contribution in [-0.4, -0.2) is 11.3 Å². The van der Waals surface area contributed by atoms with Crippen LogP contribution in [0.1, 0.15) is 5.56 Å². The van der Waals surface area contributed by atoms with Crippen molar-refractivity contribution in [3.63, 3.8) is 0 Å². The van der Waals surface area contributed by atoms with E-state index in [0.29, 0.717) is 10.0 Å². The first kappa shape index (κ1) is 12.7. The van der Waals surface area contributed by atoms with Gasteiger partial charge in [0.05, 0.1) is 16.9 Å². The summed E-state index contributed by atoms with van der Waals surface area (Å²) in [6.07, 6.45) is 1.60. The number of hydrazone groups is 1. The second-order valence-electron chi connectivity index (χ2n) is 3.58. The molecular formula is C13H10Cl2N2O. The molecule has 92 valence electrons. The first-order chi connectivity index (χ1) is 8.65. The molecule has 18 heavy (non-hydrogen) atoms. The smallest absolute Gasteiger partial charge is 0.115 e. The summed E-state index contributed by atoms with van der Waals surface area (Å²) in [5.41, 5.74) is 4.37. The van der Waals surface area contributed by atoms with E-state index >= 15 is 0 Å². The van der Waals surface area contributed by atoms with Crippen LogP contribution in [0.5, 0.6) is 5.75 Å². The minimum Gasteiger partial charge on any atom is -0.508 e. The summed E-state index contributed by atoms with van der Waals surface area (Å²) < 4.78 is 0. The summed E-state index contributed by atoms with van der Waals surface area (Å²) in [4.78, 5) is 0. The molecule has 0 amide bonds. The maximum atomic E-state index is 9.13. The molecule has 2 rings (SSSR count). The summed E-state index contributed by atoms with van der Waals surface area (Å²) >= 11 is 11.8. The molecule has 0 aromatic heterocycles. The van der Waals surface area contributed by atoms with E-state index in [1.165, 1.54) is 0 Å². The number of hydrogen-bond donors (Lipinski definition) is 2. The summed E-state index contributed by atoms with van der Waals surface area (Å²) in [7, 11) is 0. The highest BCUT2D eigenvalue weighted by molar-refractivity contribution is 6.36. The number of nitrogens with zero attached hydrogens (tertiary/aromatic N) is 1. The maximum absolute atomic E-state index is 9.13. The summed E-state index contributed by atoms with van der Waals surface area (Å²) in [5, 5.41) is 14.3. The zero-order valence-electron chi connectivity index (χ0n) is 9.27. The van der Waals surface area contributed by atoms with Gasteiger partial charge in [-0.25, -0.2) is 0 Å². The Morgan fingerprint density at radius 3 is 2.44 bits per heavy atom. The number of benzene rings is 2. The lowest BCUT2D eigenvalue weighted by Gasteiger charge is -2.01. The highest BCUT2D eigenvalue weighted by atomic mass is 35.5. The average Bonchev–Trinajstić information content (AvgIpc) is 2.34. The fraction of sp³-hybridized carbons (Fsp3) is 0. The van der Waals surface area contributed by atoms with Crippen LogP contribution in [0.4, 0.5) is 5.69 Å². The van der Waals surface area contributed by atoms with Gasteiger partial charge in [0, 0.05) is 10.6 Å². The lowest BCUT2D eigenvalue weighted by atomic mass is 10.2. The molecule has 0 aliphatic heterocycles. The third-order valence-electron chi connectivity index (χ3n) is 2.23. The number of phenolic OH excluding ortho intramolecular Hbond substituents is 1. The van der Waals surface area contributed by atoms with E-state index in [2.05, 4.69) is 10.5 Å². The van der Waals surface area contributed by atoms with Crippen molar-refractivity contribution in [2.24, 2.45) is 5.10 Å². The van der Waals surface area contributed by atoms with Crippen LogP contribution in [0.15, 0.2) is 47.6 Å². The highest BCUT2D eigenvalue weighted by Gasteiger charge is 1.97. The molecule has 2 aromatic rings. The van der Waals surface area contributed by atoms with Gasteiger partial charge in [-0.05, 0) is 36.4 Å². The van der Waals surface area contributed by atoms with Crippen molar-refractivity contribution in [3.8, 4) is 5.75 Å². The second-order valence-corrected chi connectivity index (χ2v) is 4.43. The predicted octanol–water partition coefficient (Wildman–Crippen LogP) is 4.15. The molecule has 0 spiro atoms. The number of hydrogen-bond acceptors (Lipinski definition) is 3. The van der Waals surface area contributed by atoms with Crippen molar-refractivity contribution in [1.29, 1.82) is 0 Å². The van der Waals surface area contributed by atoms with Crippen molar-refractivity contribution in [2.75, 3.05) is 5.43 Å². The van der Waals surface area contributed by atoms with E-state index in [0.717, 1.165) is 11.3 Å². The van der Waals surface area contributed by atoms with Crippen LogP contribution >= 0.6 is 23.2 Å². The summed E-state index contributed by atoms with van der Waals surface area (Å²) in [6, 6.07) is 11.8. The molecule has 0 saturated heterocycles. The molecule has 0 fully saturated rings. The molecule has 0 radical (unpaired) electrons. The lowest BCUT2D eigenvalue weighted by molar-refractivity contribution is 0.475. The van der Waals surface area contributed by atoms with Gasteiger partial charge in [0.25, 0.3) is 0 Å². The van der Waals surface area contributed by atoms with E-state index < -0.39 is 0 Å². The Bertz CT molecular complexity index is 568. The lowest BCUT2D eigenvalue weighted by Crippen LogP contribution is -1.90. The quantitative estimate of drug-likeness (QED) is 0.504. The first-order valence-electron chi connectivity index (χ1n) is 5.18. The molecule has 0 atom stereocenters. The summed E-state index contributed by atoms with van der Waals surface area (Å²) in [5.74, 6) is 0.213. The van der Waals surface area contributed by atoms with Crippen molar-refractivity contribution < 1.29 is 5.11 Å². The van der Waals surface area contributed by atoms with Crippen LogP contribution < -0.4 is 5.43 Å². The van der Waals surface area contributed by atoms with Crippen molar-refractivity contribution in [2.45, 2.75) is 0 Å². The number of anilines is 1. The van der Waals surface area contributed by atoms with Crippen LogP contribution in [0, 0.1) is 0 Å². The Kier molecular flexibility index (Phi) is 4.07. The molecule has 0 unspecified atom stereocenters. The zero-order chi connectivity index (χ0) is 13.0. The standard InChI is InChI=1S/C13H10Cl2N2O/c14-10-2-1-9(13(15)7-10)8-16-17-11-3-5-12(18)6-4-11/h1-8,17-18H/b16-8+. The molecule has 3 nitrogen and oxygen atoms in total. The van der Waals surface area contributed by atoms with Gasteiger partial charge in [-0.15, -0.1) is 0 Å². The van der Waals surface area contributed by atoms with Gasteiger partial charge in [0.15, 0.2) is 0 Å². The van der Waals surface area contributed by atoms with E-state index in [1.54, 1.807) is 48.7 Å². The Morgan fingerprint density at radius 1 is 1.06 bits per heavy atom. The SMILES string of the molecule is Oc1ccc(N/N=C/c2ccc(Cl)cc2Cl)cc1. The number of halogens is 2. The van der Waals surface area contributed by atoms with Crippen molar-refractivity contribution in [3.05, 3.63) is 58.1 Å². The molecule has 0 aliphatic rings. The summed E-state index contributed by atoms with van der Waals surface area (Å²) in [6.45, 7) is 0. The van der Waals surface area contributed by atoms with Gasteiger partial charge < -0.3 is 5.11 Å². The van der Waals surface area contributed by atoms with Gasteiger partial charge in [0.2, 0.25) is 0 Å². The van der Waals surface area contributed by atoms with Crippen LogP contribution in [0.3, 0.4) is 0 Å². The van der Waals surface area contributed by atoms with Gasteiger partial charge in [-0.1, -0.05) is 29.3 Å². The number of rotatable bonds is 3. The third kappa shape index (κ3) is 3.39. The van der Waals surface area contributed by atoms with Crippen molar-refractivity contribution >= 4 is 35.1 Å². The third-order valence-corrected chi connectivity index (χ3v) is 2.79. The van der Waals surface area contributed by atoms with E-state index in [4.69, 9.17) is 28.3 Å². The van der Waals surface area contributed by atoms with Gasteiger partial charge in [-0.2, -0.15) is 5.10 Å². The average molecular weight is 281 g/mol. The number of aromatic hydroxyl groups is 1. The minimum atomic E-state index is 0.213. The zero-order valence-corrected chi connectivity index (χ0v) is 10.8. The monoisotopic (exact) mass is 280 g/mol. The van der Waals surface area contributed by atoms with Gasteiger partial charge >= 0.3 is 0 Å². The fourth-order valence-corrected chi connectivity index (χ4v) is 1.78. The fourth-order valence-electron chi connectivity index (χ4n) is 1.32. The molecule has 0 heterocycles. The Morgan fingerprint density at radius 2 is 1.78 bits per heavy atom. The van der Waals surface area contributed by atoms with E-state index in [1.807, 2.05) is 0 Å². The van der Waals surface area contributed by atoms with Crippen LogP contribution in [-0.2, 0) is 0 Å². The maximum Gasteiger partial charge on any atom is 0.115 e. The Balaban J connectivity index is 2.05. The van der Waals surface area contributed by atoms with Crippen molar-refractivity contribution in [1.82, 2.24) is 0 Å². The van der Waals surface area contributed by atoms with E-state index in [9.17, 15) is 0 Å². The number of phenols is 1. The normalized spacial score (nSPS) is 10.8. The Hall–Kier alpha value is -1.71. The van der Waals surface area contributed by atoms with Gasteiger partial charge in [-0.3, -0.25) is 5.43 Å². The molecule has 2 aromatic carbocycles. The topological polar surface area (TPSA) is 44.6 Å². The molecule has 2 N–H and O–H groups in total. The first-order valence-corrected chi connectivity index (χ1v) is 5.94. The number of nitrogens with one attached hydrogen (secondary N) is 1. The second kappa shape index (κ2) is 5.76. The largest absolute Gasteiger partial charge is 0.508 e. The molecule has 5 heteroatoms. The highest BCUT2D eigenvalue weighted by Crippen LogP contribution is 2.19.